The molecule has 0 spiro atoms. The van der Waals surface area contributed by atoms with E-state index in [1.54, 1.807) is 4.68 Å². The molecule has 0 fully saturated rings. The maximum absolute atomic E-state index is 13.7. The van der Waals surface area contributed by atoms with E-state index < -0.39 is 17.7 Å². The molecule has 1 unspecified atom stereocenters. The highest BCUT2D eigenvalue weighted by atomic mass is 19.2. The Morgan fingerprint density at radius 3 is 2.65 bits per heavy atom. The highest BCUT2D eigenvalue weighted by molar-refractivity contribution is 5.22. The van der Waals surface area contributed by atoms with Crippen molar-refractivity contribution in [2.24, 2.45) is 5.73 Å². The third-order valence-electron chi connectivity index (χ3n) is 3.18. The first-order valence-corrected chi connectivity index (χ1v) is 6.68. The number of rotatable bonds is 5. The van der Waals surface area contributed by atoms with Crippen molar-refractivity contribution in [3.05, 3.63) is 47.0 Å². The molecule has 2 N–H and O–H groups in total. The minimum absolute atomic E-state index is 0.153. The fourth-order valence-electron chi connectivity index (χ4n) is 2.08. The monoisotopic (exact) mass is 280 g/mol. The molecule has 0 amide bonds. The van der Waals surface area contributed by atoms with Crippen molar-refractivity contribution in [1.29, 1.82) is 0 Å². The van der Waals surface area contributed by atoms with Crippen LogP contribution in [0.1, 0.15) is 37.1 Å². The number of benzene rings is 1. The fourth-order valence-corrected chi connectivity index (χ4v) is 2.08. The zero-order valence-corrected chi connectivity index (χ0v) is 11.6. The van der Waals surface area contributed by atoms with Gasteiger partial charge in [0.15, 0.2) is 17.5 Å². The van der Waals surface area contributed by atoms with E-state index >= 15 is 0 Å². The van der Waals surface area contributed by atoms with E-state index in [2.05, 4.69) is 10.1 Å². The predicted octanol–water partition coefficient (Wildman–Crippen LogP) is 2.38. The standard InChI is InChI=1S/C14H18F2N4/c1-3-12-18-13(4-2)20(19-12)8-11(17)9-6-5-7-10(15)14(9)16/h5-7,11H,3-4,8,17H2,1-2H3. The molecule has 0 bridgehead atoms. The molecule has 0 aliphatic heterocycles. The molecule has 20 heavy (non-hydrogen) atoms. The summed E-state index contributed by atoms with van der Waals surface area (Å²) in [5.74, 6) is -0.252. The topological polar surface area (TPSA) is 56.7 Å². The van der Waals surface area contributed by atoms with Crippen molar-refractivity contribution in [3.8, 4) is 0 Å². The van der Waals surface area contributed by atoms with Crippen LogP contribution in [0, 0.1) is 11.6 Å². The normalized spacial score (nSPS) is 12.7. The molecule has 1 aromatic heterocycles. The van der Waals surface area contributed by atoms with Crippen LogP contribution in [0.3, 0.4) is 0 Å². The molecule has 0 aliphatic carbocycles. The number of aryl methyl sites for hydroxylation is 2. The van der Waals surface area contributed by atoms with Crippen molar-refractivity contribution in [1.82, 2.24) is 14.8 Å². The molecule has 1 atom stereocenters. The van der Waals surface area contributed by atoms with E-state index in [1.807, 2.05) is 13.8 Å². The summed E-state index contributed by atoms with van der Waals surface area (Å²) in [6.07, 6.45) is 1.44. The van der Waals surface area contributed by atoms with E-state index in [-0.39, 0.29) is 12.1 Å². The Bertz CT molecular complexity index is 595. The number of hydrogen-bond acceptors (Lipinski definition) is 3. The maximum Gasteiger partial charge on any atom is 0.163 e. The lowest BCUT2D eigenvalue weighted by atomic mass is 10.1. The Kier molecular flexibility index (Phi) is 4.44. The van der Waals surface area contributed by atoms with Crippen LogP contribution in [-0.2, 0) is 19.4 Å². The van der Waals surface area contributed by atoms with Crippen LogP contribution in [0.2, 0.25) is 0 Å². The summed E-state index contributed by atoms with van der Waals surface area (Å²) in [6, 6.07) is 3.36. The average Bonchev–Trinajstić information content (AvgIpc) is 2.84. The van der Waals surface area contributed by atoms with Crippen LogP contribution in [0.5, 0.6) is 0 Å². The van der Waals surface area contributed by atoms with Crippen LogP contribution < -0.4 is 5.73 Å². The molecule has 0 radical (unpaired) electrons. The van der Waals surface area contributed by atoms with E-state index in [9.17, 15) is 8.78 Å². The molecule has 1 aromatic carbocycles. The first-order chi connectivity index (χ1) is 9.56. The number of halogens is 2. The molecular formula is C14H18F2N4. The van der Waals surface area contributed by atoms with Gasteiger partial charge in [0.25, 0.3) is 0 Å². The summed E-state index contributed by atoms with van der Waals surface area (Å²) in [5, 5.41) is 4.33. The molecule has 2 rings (SSSR count). The highest BCUT2D eigenvalue weighted by Gasteiger charge is 2.17. The zero-order chi connectivity index (χ0) is 14.7. The Labute approximate surface area is 116 Å². The zero-order valence-electron chi connectivity index (χ0n) is 11.6. The van der Waals surface area contributed by atoms with Gasteiger partial charge in [0.2, 0.25) is 0 Å². The molecule has 4 nitrogen and oxygen atoms in total. The maximum atomic E-state index is 13.7. The van der Waals surface area contributed by atoms with Crippen molar-refractivity contribution < 1.29 is 8.78 Å². The lowest BCUT2D eigenvalue weighted by Gasteiger charge is -2.14. The van der Waals surface area contributed by atoms with Crippen LogP contribution in [0.15, 0.2) is 18.2 Å². The van der Waals surface area contributed by atoms with E-state index in [4.69, 9.17) is 5.73 Å². The Morgan fingerprint density at radius 1 is 1.25 bits per heavy atom. The van der Waals surface area contributed by atoms with Crippen LogP contribution >= 0.6 is 0 Å². The Morgan fingerprint density at radius 2 is 2.00 bits per heavy atom. The lowest BCUT2D eigenvalue weighted by molar-refractivity contribution is 0.457. The van der Waals surface area contributed by atoms with Gasteiger partial charge in [-0.15, -0.1) is 0 Å². The number of aromatic nitrogens is 3. The quantitative estimate of drug-likeness (QED) is 0.915. The Balaban J connectivity index is 2.25. The summed E-state index contributed by atoms with van der Waals surface area (Å²) in [7, 11) is 0. The van der Waals surface area contributed by atoms with Gasteiger partial charge in [-0.2, -0.15) is 5.10 Å². The van der Waals surface area contributed by atoms with Gasteiger partial charge in [-0.3, -0.25) is 0 Å². The van der Waals surface area contributed by atoms with Gasteiger partial charge in [0.1, 0.15) is 5.82 Å². The molecular weight excluding hydrogens is 262 g/mol. The fraction of sp³-hybridized carbons (Fsp3) is 0.429. The SMILES string of the molecule is CCc1nc(CC)n(CC(N)c2cccc(F)c2F)n1. The molecule has 0 saturated carbocycles. The van der Waals surface area contributed by atoms with Crippen LogP contribution in [-0.4, -0.2) is 14.8 Å². The summed E-state index contributed by atoms with van der Waals surface area (Å²) < 4.78 is 28.6. The Hall–Kier alpha value is -1.82. The first kappa shape index (κ1) is 14.6. The third-order valence-corrected chi connectivity index (χ3v) is 3.18. The molecule has 0 saturated heterocycles. The minimum atomic E-state index is -0.895. The predicted molar refractivity (Wildman–Crippen MR) is 72.1 cm³/mol. The van der Waals surface area contributed by atoms with E-state index in [0.717, 1.165) is 24.1 Å². The summed E-state index contributed by atoms with van der Waals surface area (Å²) in [4.78, 5) is 4.36. The van der Waals surface area contributed by atoms with Gasteiger partial charge in [0, 0.05) is 18.4 Å². The van der Waals surface area contributed by atoms with Crippen molar-refractivity contribution in [2.75, 3.05) is 0 Å². The first-order valence-electron chi connectivity index (χ1n) is 6.68. The van der Waals surface area contributed by atoms with Gasteiger partial charge in [-0.25, -0.2) is 18.4 Å². The number of hydrogen-bond donors (Lipinski definition) is 1. The second-order valence-corrected chi connectivity index (χ2v) is 4.58. The molecule has 1 heterocycles. The second kappa shape index (κ2) is 6.09. The van der Waals surface area contributed by atoms with E-state index in [0.29, 0.717) is 6.42 Å². The molecule has 108 valence electrons. The van der Waals surface area contributed by atoms with Crippen molar-refractivity contribution in [2.45, 2.75) is 39.3 Å². The lowest BCUT2D eigenvalue weighted by Crippen LogP contribution is -2.21. The van der Waals surface area contributed by atoms with Gasteiger partial charge in [-0.05, 0) is 6.07 Å². The van der Waals surface area contributed by atoms with E-state index in [1.165, 1.54) is 12.1 Å². The van der Waals surface area contributed by atoms with Crippen molar-refractivity contribution >= 4 is 0 Å². The third kappa shape index (κ3) is 2.85. The second-order valence-electron chi connectivity index (χ2n) is 4.58. The smallest absolute Gasteiger partial charge is 0.163 e. The minimum Gasteiger partial charge on any atom is -0.322 e. The summed E-state index contributed by atoms with van der Waals surface area (Å²) in [6.45, 7) is 4.20. The summed E-state index contributed by atoms with van der Waals surface area (Å²) in [5.41, 5.74) is 6.13. The van der Waals surface area contributed by atoms with Gasteiger partial charge >= 0.3 is 0 Å². The number of nitrogens with zero attached hydrogens (tertiary/aromatic N) is 3. The number of nitrogens with two attached hydrogens (primary N) is 1. The average molecular weight is 280 g/mol. The van der Waals surface area contributed by atoms with Gasteiger partial charge in [-0.1, -0.05) is 26.0 Å². The molecule has 6 heteroatoms. The van der Waals surface area contributed by atoms with Crippen LogP contribution in [0.4, 0.5) is 8.78 Å². The molecule has 0 aliphatic rings. The largest absolute Gasteiger partial charge is 0.322 e. The van der Waals surface area contributed by atoms with Crippen molar-refractivity contribution in [3.63, 3.8) is 0 Å². The summed E-state index contributed by atoms with van der Waals surface area (Å²) >= 11 is 0. The van der Waals surface area contributed by atoms with Gasteiger partial charge < -0.3 is 5.73 Å². The highest BCUT2D eigenvalue weighted by Crippen LogP contribution is 2.19. The molecule has 2 aromatic rings. The van der Waals surface area contributed by atoms with Crippen LogP contribution in [0.25, 0.3) is 0 Å². The van der Waals surface area contributed by atoms with Gasteiger partial charge in [0.05, 0.1) is 12.6 Å².